The zero-order valence-electron chi connectivity index (χ0n) is 7.44. The molecule has 2 heterocycles. The molecule has 2 rings (SSSR count). The topological polar surface area (TPSA) is 70.7 Å². The first-order chi connectivity index (χ1) is 6.79. The van der Waals surface area contributed by atoms with Gasteiger partial charge in [-0.15, -0.1) is 11.3 Å². The SMILES string of the molecule is CNc1nc(-c2ccc(=O)[nH]n2)cs1. The number of thiazole rings is 1. The number of hydrogen-bond donors (Lipinski definition) is 2. The van der Waals surface area contributed by atoms with Gasteiger partial charge in [0.1, 0.15) is 11.4 Å². The number of hydrogen-bond acceptors (Lipinski definition) is 5. The highest BCUT2D eigenvalue weighted by atomic mass is 32.1. The monoisotopic (exact) mass is 208 g/mol. The fourth-order valence-corrected chi connectivity index (χ4v) is 1.66. The van der Waals surface area contributed by atoms with Crippen molar-refractivity contribution >= 4 is 16.5 Å². The number of nitrogens with zero attached hydrogens (tertiary/aromatic N) is 2. The molecule has 6 heteroatoms. The fraction of sp³-hybridized carbons (Fsp3) is 0.125. The van der Waals surface area contributed by atoms with Gasteiger partial charge >= 0.3 is 0 Å². The Morgan fingerprint density at radius 2 is 2.29 bits per heavy atom. The molecule has 0 aliphatic carbocycles. The molecule has 72 valence electrons. The molecule has 0 fully saturated rings. The highest BCUT2D eigenvalue weighted by Crippen LogP contribution is 2.21. The molecule has 0 spiro atoms. The van der Waals surface area contributed by atoms with E-state index in [9.17, 15) is 4.79 Å². The normalized spacial score (nSPS) is 10.1. The van der Waals surface area contributed by atoms with Crippen molar-refractivity contribution in [3.63, 3.8) is 0 Å². The molecule has 0 atom stereocenters. The van der Waals surface area contributed by atoms with Gasteiger partial charge in [0.25, 0.3) is 5.56 Å². The summed E-state index contributed by atoms with van der Waals surface area (Å²) < 4.78 is 0. The molecule has 2 aromatic rings. The minimum atomic E-state index is -0.210. The van der Waals surface area contributed by atoms with Crippen molar-refractivity contribution < 1.29 is 0 Å². The Labute approximate surface area is 83.8 Å². The van der Waals surface area contributed by atoms with Gasteiger partial charge in [-0.3, -0.25) is 4.79 Å². The van der Waals surface area contributed by atoms with Crippen LogP contribution in [-0.2, 0) is 0 Å². The largest absolute Gasteiger partial charge is 0.365 e. The Morgan fingerprint density at radius 3 is 2.86 bits per heavy atom. The maximum atomic E-state index is 10.8. The van der Waals surface area contributed by atoms with Crippen molar-refractivity contribution in [2.24, 2.45) is 0 Å². The number of rotatable bonds is 2. The number of aromatic amines is 1. The van der Waals surface area contributed by atoms with E-state index in [0.717, 1.165) is 10.8 Å². The van der Waals surface area contributed by atoms with E-state index < -0.39 is 0 Å². The van der Waals surface area contributed by atoms with Gasteiger partial charge in [0.05, 0.1) is 0 Å². The molecule has 0 aliphatic heterocycles. The van der Waals surface area contributed by atoms with Crippen LogP contribution < -0.4 is 10.9 Å². The molecule has 0 aliphatic rings. The van der Waals surface area contributed by atoms with Gasteiger partial charge in [0.15, 0.2) is 5.13 Å². The summed E-state index contributed by atoms with van der Waals surface area (Å²) in [4.78, 5) is 15.0. The summed E-state index contributed by atoms with van der Waals surface area (Å²) in [7, 11) is 1.81. The Morgan fingerprint density at radius 1 is 1.43 bits per heavy atom. The van der Waals surface area contributed by atoms with Gasteiger partial charge in [-0.05, 0) is 6.07 Å². The minimum Gasteiger partial charge on any atom is -0.365 e. The van der Waals surface area contributed by atoms with E-state index >= 15 is 0 Å². The van der Waals surface area contributed by atoms with E-state index in [2.05, 4.69) is 20.5 Å². The second kappa shape index (κ2) is 3.59. The Bertz CT molecular complexity index is 470. The van der Waals surface area contributed by atoms with Crippen LogP contribution in [0.25, 0.3) is 11.4 Å². The molecule has 0 aromatic carbocycles. The first-order valence-electron chi connectivity index (χ1n) is 3.99. The smallest absolute Gasteiger partial charge is 0.264 e. The molecule has 14 heavy (non-hydrogen) atoms. The summed E-state index contributed by atoms with van der Waals surface area (Å²) in [6.07, 6.45) is 0. The predicted octanol–water partition coefficient (Wildman–Crippen LogP) is 0.935. The van der Waals surface area contributed by atoms with Crippen LogP contribution in [0.15, 0.2) is 22.3 Å². The van der Waals surface area contributed by atoms with Gasteiger partial charge in [0, 0.05) is 18.5 Å². The maximum absolute atomic E-state index is 10.8. The zero-order valence-corrected chi connectivity index (χ0v) is 8.26. The quantitative estimate of drug-likeness (QED) is 0.770. The molecule has 0 unspecified atom stereocenters. The van der Waals surface area contributed by atoms with Crippen LogP contribution in [0, 0.1) is 0 Å². The molecule has 2 N–H and O–H groups in total. The molecule has 0 radical (unpaired) electrons. The fourth-order valence-electron chi connectivity index (χ4n) is 0.993. The summed E-state index contributed by atoms with van der Waals surface area (Å²) in [6.45, 7) is 0. The number of nitrogens with one attached hydrogen (secondary N) is 2. The minimum absolute atomic E-state index is 0.210. The van der Waals surface area contributed by atoms with Crippen molar-refractivity contribution in [1.29, 1.82) is 0 Å². The third-order valence-corrected chi connectivity index (χ3v) is 2.52. The summed E-state index contributed by atoms with van der Waals surface area (Å²) >= 11 is 1.49. The molecule has 5 nitrogen and oxygen atoms in total. The van der Waals surface area contributed by atoms with Crippen LogP contribution >= 0.6 is 11.3 Å². The molecule has 0 amide bonds. The highest BCUT2D eigenvalue weighted by molar-refractivity contribution is 7.14. The van der Waals surface area contributed by atoms with Gasteiger partial charge in [-0.25, -0.2) is 10.1 Å². The Balaban J connectivity index is 2.39. The van der Waals surface area contributed by atoms with Crippen LogP contribution in [0.3, 0.4) is 0 Å². The van der Waals surface area contributed by atoms with E-state index in [0.29, 0.717) is 5.69 Å². The molecular formula is C8H8N4OS. The van der Waals surface area contributed by atoms with Crippen molar-refractivity contribution in [3.05, 3.63) is 27.9 Å². The third-order valence-electron chi connectivity index (χ3n) is 1.66. The highest BCUT2D eigenvalue weighted by Gasteiger charge is 2.03. The number of aromatic nitrogens is 3. The number of H-pyrrole nitrogens is 1. The van der Waals surface area contributed by atoms with E-state index in [1.807, 2.05) is 12.4 Å². The molecule has 2 aromatic heterocycles. The first-order valence-corrected chi connectivity index (χ1v) is 4.87. The maximum Gasteiger partial charge on any atom is 0.264 e. The lowest BCUT2D eigenvalue weighted by molar-refractivity contribution is 0.991. The van der Waals surface area contributed by atoms with Crippen molar-refractivity contribution in [1.82, 2.24) is 15.2 Å². The lowest BCUT2D eigenvalue weighted by Crippen LogP contribution is -2.05. The third kappa shape index (κ3) is 1.64. The van der Waals surface area contributed by atoms with Gasteiger partial charge in [-0.2, -0.15) is 5.10 Å². The van der Waals surface area contributed by atoms with E-state index in [-0.39, 0.29) is 5.56 Å². The van der Waals surface area contributed by atoms with E-state index in [1.165, 1.54) is 17.4 Å². The first kappa shape index (κ1) is 8.89. The second-order valence-electron chi connectivity index (χ2n) is 2.59. The van der Waals surface area contributed by atoms with Gasteiger partial charge in [0.2, 0.25) is 0 Å². The molecular weight excluding hydrogens is 200 g/mol. The van der Waals surface area contributed by atoms with Crippen LogP contribution in [-0.4, -0.2) is 22.2 Å². The lowest BCUT2D eigenvalue weighted by atomic mass is 10.3. The van der Waals surface area contributed by atoms with Gasteiger partial charge < -0.3 is 5.32 Å². The summed E-state index contributed by atoms with van der Waals surface area (Å²) in [5.74, 6) is 0. The Kier molecular flexibility index (Phi) is 2.28. The van der Waals surface area contributed by atoms with Crippen LogP contribution in [0.5, 0.6) is 0 Å². The standard InChI is InChI=1S/C8H8N4OS/c1-9-8-10-6(4-14-8)5-2-3-7(13)12-11-5/h2-4H,1H3,(H,9,10)(H,12,13). The zero-order chi connectivity index (χ0) is 9.97. The van der Waals surface area contributed by atoms with Crippen LogP contribution in [0.2, 0.25) is 0 Å². The molecule has 0 bridgehead atoms. The van der Waals surface area contributed by atoms with E-state index in [4.69, 9.17) is 0 Å². The van der Waals surface area contributed by atoms with Crippen molar-refractivity contribution in [3.8, 4) is 11.4 Å². The second-order valence-corrected chi connectivity index (χ2v) is 3.45. The lowest BCUT2D eigenvalue weighted by Gasteiger charge is -1.92. The summed E-state index contributed by atoms with van der Waals surface area (Å²) in [6, 6.07) is 3.08. The van der Waals surface area contributed by atoms with Crippen LogP contribution in [0.4, 0.5) is 5.13 Å². The van der Waals surface area contributed by atoms with Crippen LogP contribution in [0.1, 0.15) is 0 Å². The van der Waals surface area contributed by atoms with Gasteiger partial charge in [-0.1, -0.05) is 0 Å². The molecule has 0 saturated heterocycles. The summed E-state index contributed by atoms with van der Waals surface area (Å²) in [5.41, 5.74) is 1.22. The van der Waals surface area contributed by atoms with Crippen molar-refractivity contribution in [2.45, 2.75) is 0 Å². The molecule has 0 saturated carbocycles. The average Bonchev–Trinajstić information content (AvgIpc) is 2.67. The Hall–Kier alpha value is -1.69. The number of anilines is 1. The average molecular weight is 208 g/mol. The predicted molar refractivity (Wildman–Crippen MR) is 55.5 cm³/mol. The van der Waals surface area contributed by atoms with E-state index in [1.54, 1.807) is 6.07 Å². The summed E-state index contributed by atoms with van der Waals surface area (Å²) in [5, 5.41) is 11.9. The van der Waals surface area contributed by atoms with Crippen molar-refractivity contribution in [2.75, 3.05) is 12.4 Å².